The fourth-order valence-electron chi connectivity index (χ4n) is 2.69. The van der Waals surface area contributed by atoms with E-state index in [4.69, 9.17) is 15.2 Å². The predicted octanol–water partition coefficient (Wildman–Crippen LogP) is 3.12. The molecule has 2 rings (SSSR count). The molecule has 1 aromatic carbocycles. The summed E-state index contributed by atoms with van der Waals surface area (Å²) in [6.45, 7) is 2.48. The van der Waals surface area contributed by atoms with Crippen molar-refractivity contribution in [3.05, 3.63) is 18.2 Å². The fraction of sp³-hybridized carbons (Fsp3) is 0.562. The maximum absolute atomic E-state index is 12.4. The van der Waals surface area contributed by atoms with E-state index in [-0.39, 0.29) is 18.3 Å². The first-order chi connectivity index (χ1) is 10.1. The van der Waals surface area contributed by atoms with E-state index in [1.54, 1.807) is 25.3 Å². The summed E-state index contributed by atoms with van der Waals surface area (Å²) in [5.74, 6) is 1.15. The van der Waals surface area contributed by atoms with Crippen molar-refractivity contribution in [1.29, 1.82) is 0 Å². The van der Waals surface area contributed by atoms with Crippen LogP contribution in [0, 0.1) is 0 Å². The summed E-state index contributed by atoms with van der Waals surface area (Å²) in [6.07, 6.45) is 4.66. The van der Waals surface area contributed by atoms with Crippen LogP contribution in [0.15, 0.2) is 18.2 Å². The number of anilines is 1. The van der Waals surface area contributed by atoms with Crippen LogP contribution < -0.4 is 20.5 Å². The van der Waals surface area contributed by atoms with E-state index in [1.165, 1.54) is 0 Å². The van der Waals surface area contributed by atoms with E-state index >= 15 is 0 Å². The minimum absolute atomic E-state index is 0. The van der Waals surface area contributed by atoms with Crippen LogP contribution in [-0.4, -0.2) is 25.2 Å². The molecule has 1 amide bonds. The number of hydrogen-bond acceptors (Lipinski definition) is 4. The lowest BCUT2D eigenvalue weighted by Gasteiger charge is -2.31. The Balaban J connectivity index is 0.00000242. The first-order valence-electron chi connectivity index (χ1n) is 7.50. The van der Waals surface area contributed by atoms with E-state index in [2.05, 4.69) is 5.32 Å². The van der Waals surface area contributed by atoms with E-state index in [1.807, 2.05) is 6.92 Å². The van der Waals surface area contributed by atoms with Crippen LogP contribution in [0.3, 0.4) is 0 Å². The number of hydrogen-bond donors (Lipinski definition) is 2. The van der Waals surface area contributed by atoms with Gasteiger partial charge < -0.3 is 20.5 Å². The lowest BCUT2D eigenvalue weighted by molar-refractivity contribution is -0.122. The van der Waals surface area contributed by atoms with Gasteiger partial charge in [-0.15, -0.1) is 12.4 Å². The zero-order valence-electron chi connectivity index (χ0n) is 13.2. The summed E-state index contributed by atoms with van der Waals surface area (Å²) in [4.78, 5) is 12.4. The second kappa shape index (κ2) is 8.25. The van der Waals surface area contributed by atoms with Gasteiger partial charge in [0.15, 0.2) is 11.5 Å². The number of carbonyl (C=O) groups excluding carboxylic acids is 1. The molecule has 0 unspecified atom stereocenters. The molecule has 0 heterocycles. The Morgan fingerprint density at radius 1 is 1.27 bits per heavy atom. The molecule has 0 aromatic heterocycles. The molecule has 0 saturated heterocycles. The van der Waals surface area contributed by atoms with Crippen molar-refractivity contribution in [2.75, 3.05) is 19.0 Å². The zero-order valence-corrected chi connectivity index (χ0v) is 14.0. The van der Waals surface area contributed by atoms with Gasteiger partial charge in [0.1, 0.15) is 0 Å². The van der Waals surface area contributed by atoms with Crippen molar-refractivity contribution in [3.63, 3.8) is 0 Å². The van der Waals surface area contributed by atoms with E-state index < -0.39 is 5.54 Å². The van der Waals surface area contributed by atoms with Crippen molar-refractivity contribution >= 4 is 24.0 Å². The minimum Gasteiger partial charge on any atom is -0.493 e. The lowest BCUT2D eigenvalue weighted by atomic mass is 9.82. The Morgan fingerprint density at radius 3 is 2.55 bits per heavy atom. The molecular weight excluding hydrogens is 304 g/mol. The average molecular weight is 329 g/mol. The Kier molecular flexibility index (Phi) is 6.97. The van der Waals surface area contributed by atoms with Gasteiger partial charge in [0.05, 0.1) is 19.3 Å². The average Bonchev–Trinajstić information content (AvgIpc) is 2.49. The molecule has 6 heteroatoms. The maximum atomic E-state index is 12.4. The quantitative estimate of drug-likeness (QED) is 0.871. The van der Waals surface area contributed by atoms with Crippen molar-refractivity contribution in [3.8, 4) is 11.5 Å². The Labute approximate surface area is 138 Å². The molecule has 1 saturated carbocycles. The monoisotopic (exact) mass is 328 g/mol. The summed E-state index contributed by atoms with van der Waals surface area (Å²) in [6, 6.07) is 5.36. The van der Waals surface area contributed by atoms with Crippen molar-refractivity contribution in [2.24, 2.45) is 5.73 Å². The van der Waals surface area contributed by atoms with Crippen LogP contribution in [0.25, 0.3) is 0 Å². The smallest absolute Gasteiger partial charge is 0.244 e. The molecule has 1 aliphatic rings. The summed E-state index contributed by atoms with van der Waals surface area (Å²) in [5.41, 5.74) is 6.16. The van der Waals surface area contributed by atoms with Crippen LogP contribution in [-0.2, 0) is 4.79 Å². The summed E-state index contributed by atoms with van der Waals surface area (Å²) < 4.78 is 10.7. The van der Waals surface area contributed by atoms with Gasteiger partial charge in [-0.25, -0.2) is 0 Å². The number of methoxy groups -OCH3 is 1. The second-order valence-electron chi connectivity index (χ2n) is 5.47. The van der Waals surface area contributed by atoms with Gasteiger partial charge in [-0.1, -0.05) is 19.3 Å². The highest BCUT2D eigenvalue weighted by Crippen LogP contribution is 2.32. The minimum atomic E-state index is -0.746. The van der Waals surface area contributed by atoms with Gasteiger partial charge in [0.2, 0.25) is 5.91 Å². The number of nitrogens with two attached hydrogens (primary N) is 1. The van der Waals surface area contributed by atoms with Crippen LogP contribution >= 0.6 is 12.4 Å². The van der Waals surface area contributed by atoms with Gasteiger partial charge in [0, 0.05) is 11.8 Å². The maximum Gasteiger partial charge on any atom is 0.244 e. The highest BCUT2D eigenvalue weighted by molar-refractivity contribution is 5.98. The molecule has 0 spiro atoms. The highest BCUT2D eigenvalue weighted by atomic mass is 35.5. The summed E-state index contributed by atoms with van der Waals surface area (Å²) in [7, 11) is 1.58. The normalized spacial score (nSPS) is 16.3. The van der Waals surface area contributed by atoms with E-state index in [9.17, 15) is 4.79 Å². The zero-order chi connectivity index (χ0) is 15.3. The topological polar surface area (TPSA) is 73.6 Å². The van der Waals surface area contributed by atoms with Gasteiger partial charge in [0.25, 0.3) is 0 Å². The summed E-state index contributed by atoms with van der Waals surface area (Å²) >= 11 is 0. The predicted molar refractivity (Wildman–Crippen MR) is 90.0 cm³/mol. The molecule has 5 nitrogen and oxygen atoms in total. The number of amides is 1. The van der Waals surface area contributed by atoms with Crippen LogP contribution in [0.5, 0.6) is 11.5 Å². The third-order valence-corrected chi connectivity index (χ3v) is 3.92. The van der Waals surface area contributed by atoms with Crippen molar-refractivity contribution in [2.45, 2.75) is 44.6 Å². The Morgan fingerprint density at radius 2 is 1.95 bits per heavy atom. The van der Waals surface area contributed by atoms with Gasteiger partial charge in [-0.2, -0.15) is 0 Å². The molecule has 0 aliphatic heterocycles. The van der Waals surface area contributed by atoms with Crippen molar-refractivity contribution < 1.29 is 14.3 Å². The van der Waals surface area contributed by atoms with Gasteiger partial charge in [-0.3, -0.25) is 4.79 Å². The van der Waals surface area contributed by atoms with Crippen LogP contribution in [0.2, 0.25) is 0 Å². The molecule has 1 aliphatic carbocycles. The standard InChI is InChI=1S/C16H24N2O3.ClH/c1-3-21-13-8-7-12(11-14(13)20-2)18-15(19)16(17)9-5-4-6-10-16;/h7-8,11H,3-6,9-10,17H2,1-2H3,(H,18,19);1H. The van der Waals surface area contributed by atoms with E-state index in [0.29, 0.717) is 23.8 Å². The summed E-state index contributed by atoms with van der Waals surface area (Å²) in [5, 5.41) is 2.90. The van der Waals surface area contributed by atoms with E-state index in [0.717, 1.165) is 32.1 Å². The molecule has 124 valence electrons. The van der Waals surface area contributed by atoms with Crippen LogP contribution in [0.4, 0.5) is 5.69 Å². The third kappa shape index (κ3) is 4.27. The van der Waals surface area contributed by atoms with Crippen LogP contribution in [0.1, 0.15) is 39.0 Å². The first-order valence-corrected chi connectivity index (χ1v) is 7.50. The lowest BCUT2D eigenvalue weighted by Crippen LogP contribution is -2.52. The van der Waals surface area contributed by atoms with Gasteiger partial charge in [-0.05, 0) is 31.9 Å². The molecule has 0 atom stereocenters. The number of carbonyl (C=O) groups is 1. The number of rotatable bonds is 5. The Bertz CT molecular complexity index is 502. The van der Waals surface area contributed by atoms with Crippen molar-refractivity contribution in [1.82, 2.24) is 0 Å². The molecule has 3 N–H and O–H groups in total. The number of nitrogens with one attached hydrogen (secondary N) is 1. The molecule has 1 aromatic rings. The number of ether oxygens (including phenoxy) is 2. The van der Waals surface area contributed by atoms with Gasteiger partial charge >= 0.3 is 0 Å². The molecule has 1 fully saturated rings. The first kappa shape index (κ1) is 18.6. The highest BCUT2D eigenvalue weighted by Gasteiger charge is 2.35. The molecule has 0 bridgehead atoms. The molecule has 22 heavy (non-hydrogen) atoms. The molecule has 0 radical (unpaired) electrons. The Hall–Kier alpha value is -1.46. The number of benzene rings is 1. The molecular formula is C16H25ClN2O3. The number of halogens is 1. The SMILES string of the molecule is CCOc1ccc(NC(=O)C2(N)CCCCC2)cc1OC.Cl. The third-order valence-electron chi connectivity index (χ3n) is 3.92. The fourth-order valence-corrected chi connectivity index (χ4v) is 2.69. The largest absolute Gasteiger partial charge is 0.493 e. The second-order valence-corrected chi connectivity index (χ2v) is 5.47.